The van der Waals surface area contributed by atoms with Gasteiger partial charge in [-0.2, -0.15) is 17.7 Å². The molecule has 2 aromatic heterocycles. The zero-order valence-electron chi connectivity index (χ0n) is 15.7. The summed E-state index contributed by atoms with van der Waals surface area (Å²) in [6, 6.07) is 6.80. The Balaban J connectivity index is 1.53. The molecule has 1 aliphatic rings. The number of halogens is 3. The normalized spacial score (nSPS) is 20.8. The van der Waals surface area contributed by atoms with Crippen LogP contribution < -0.4 is 10.9 Å². The number of nitrogens with one attached hydrogen (secondary N) is 1. The van der Waals surface area contributed by atoms with Gasteiger partial charge in [-0.1, -0.05) is 23.5 Å². The van der Waals surface area contributed by atoms with Crippen molar-refractivity contribution in [3.8, 4) is 0 Å². The molecule has 0 radical (unpaired) electrons. The van der Waals surface area contributed by atoms with Crippen molar-refractivity contribution in [1.29, 1.82) is 0 Å². The summed E-state index contributed by atoms with van der Waals surface area (Å²) < 4.78 is 39.9. The van der Waals surface area contributed by atoms with Crippen LogP contribution in [0.5, 0.6) is 0 Å². The first kappa shape index (κ1) is 19.8. The Labute approximate surface area is 169 Å². The molecule has 4 rings (SSSR count). The molecule has 154 valence electrons. The van der Waals surface area contributed by atoms with Gasteiger partial charge in [0.25, 0.3) is 5.56 Å². The van der Waals surface area contributed by atoms with Crippen molar-refractivity contribution in [2.24, 2.45) is 5.92 Å². The second-order valence-corrected chi connectivity index (χ2v) is 8.17. The van der Waals surface area contributed by atoms with Gasteiger partial charge in [-0.05, 0) is 50.0 Å². The molecule has 1 aliphatic heterocycles. The van der Waals surface area contributed by atoms with Crippen molar-refractivity contribution in [3.05, 3.63) is 58.0 Å². The molecular weight excluding hydrogens is 403 g/mol. The summed E-state index contributed by atoms with van der Waals surface area (Å²) in [4.78, 5) is 18.7. The molecule has 3 aromatic rings. The van der Waals surface area contributed by atoms with Crippen molar-refractivity contribution < 1.29 is 13.2 Å². The molecule has 1 saturated heterocycles. The summed E-state index contributed by atoms with van der Waals surface area (Å²) in [5, 5.41) is 8.15. The minimum Gasteiger partial charge on any atom is -0.360 e. The third-order valence-corrected chi connectivity index (χ3v) is 6.15. The van der Waals surface area contributed by atoms with Crippen molar-refractivity contribution in [3.63, 3.8) is 0 Å². The molecule has 29 heavy (non-hydrogen) atoms. The number of fused-ring (bicyclic) bond motifs is 1. The third-order valence-electron chi connectivity index (χ3n) is 5.27. The van der Waals surface area contributed by atoms with Gasteiger partial charge >= 0.3 is 6.18 Å². The Kier molecular flexibility index (Phi) is 5.30. The van der Waals surface area contributed by atoms with E-state index in [1.165, 1.54) is 28.1 Å². The van der Waals surface area contributed by atoms with Crippen molar-refractivity contribution >= 4 is 21.4 Å². The SMILES string of the molecule is CN1CCCC(CNc2nn3c(=O)ccnc3s2)C1c1ccc(C(F)(F)F)cc1. The predicted octanol–water partition coefficient (Wildman–Crippen LogP) is 3.66. The van der Waals surface area contributed by atoms with E-state index in [0.717, 1.165) is 37.1 Å². The zero-order valence-corrected chi connectivity index (χ0v) is 16.5. The summed E-state index contributed by atoms with van der Waals surface area (Å²) in [6.07, 6.45) is -0.916. The van der Waals surface area contributed by atoms with Crippen LogP contribution in [0.25, 0.3) is 4.96 Å². The van der Waals surface area contributed by atoms with Crippen LogP contribution in [0.2, 0.25) is 0 Å². The summed E-state index contributed by atoms with van der Waals surface area (Å²) in [5.41, 5.74) is -0.00433. The number of likely N-dealkylation sites (tertiary alicyclic amines) is 1. The van der Waals surface area contributed by atoms with Gasteiger partial charge in [-0.3, -0.25) is 9.69 Å². The molecule has 6 nitrogen and oxygen atoms in total. The fourth-order valence-electron chi connectivity index (χ4n) is 3.90. The second-order valence-electron chi connectivity index (χ2n) is 7.21. The minimum atomic E-state index is -4.34. The predicted molar refractivity (Wildman–Crippen MR) is 105 cm³/mol. The van der Waals surface area contributed by atoms with Gasteiger partial charge in [0.05, 0.1) is 5.56 Å². The van der Waals surface area contributed by atoms with E-state index in [9.17, 15) is 18.0 Å². The molecule has 0 spiro atoms. The number of piperidine rings is 1. The van der Waals surface area contributed by atoms with Crippen molar-refractivity contribution in [2.75, 3.05) is 25.5 Å². The topological polar surface area (TPSA) is 62.5 Å². The maximum absolute atomic E-state index is 12.9. The van der Waals surface area contributed by atoms with E-state index in [1.807, 2.05) is 7.05 Å². The first-order valence-corrected chi connectivity index (χ1v) is 10.1. The summed E-state index contributed by atoms with van der Waals surface area (Å²) >= 11 is 1.29. The molecule has 1 fully saturated rings. The van der Waals surface area contributed by atoms with E-state index in [1.54, 1.807) is 12.1 Å². The molecule has 2 atom stereocenters. The number of rotatable bonds is 4. The van der Waals surface area contributed by atoms with Crippen LogP contribution in [0.1, 0.15) is 30.0 Å². The van der Waals surface area contributed by atoms with Crippen LogP contribution >= 0.6 is 11.3 Å². The fourth-order valence-corrected chi connectivity index (χ4v) is 4.68. The fraction of sp³-hybridized carbons (Fsp3) is 0.421. The van der Waals surface area contributed by atoms with E-state index in [2.05, 4.69) is 20.3 Å². The Hall–Kier alpha value is -2.46. The highest BCUT2D eigenvalue weighted by Gasteiger charge is 2.33. The van der Waals surface area contributed by atoms with Crippen LogP contribution in [0, 0.1) is 5.92 Å². The van der Waals surface area contributed by atoms with E-state index in [4.69, 9.17) is 0 Å². The molecule has 0 saturated carbocycles. The smallest absolute Gasteiger partial charge is 0.360 e. The highest BCUT2D eigenvalue weighted by Crippen LogP contribution is 2.37. The number of aromatic nitrogens is 3. The van der Waals surface area contributed by atoms with Gasteiger partial charge in [-0.15, -0.1) is 5.10 Å². The van der Waals surface area contributed by atoms with Crippen LogP contribution in [0.3, 0.4) is 0 Å². The molecule has 3 heterocycles. The van der Waals surface area contributed by atoms with E-state index < -0.39 is 11.7 Å². The number of alkyl halides is 3. The van der Waals surface area contributed by atoms with Crippen LogP contribution in [-0.2, 0) is 6.18 Å². The quantitative estimate of drug-likeness (QED) is 0.694. The summed E-state index contributed by atoms with van der Waals surface area (Å²) in [6.45, 7) is 1.49. The largest absolute Gasteiger partial charge is 0.416 e. The van der Waals surface area contributed by atoms with Gasteiger partial charge in [0, 0.05) is 24.8 Å². The monoisotopic (exact) mass is 423 g/mol. The molecule has 0 bridgehead atoms. The van der Waals surface area contributed by atoms with Crippen LogP contribution in [0.15, 0.2) is 41.3 Å². The van der Waals surface area contributed by atoms with Crippen LogP contribution in [0.4, 0.5) is 18.3 Å². The lowest BCUT2D eigenvalue weighted by Crippen LogP contribution is -2.39. The molecule has 0 amide bonds. The Morgan fingerprint density at radius 1 is 1.24 bits per heavy atom. The minimum absolute atomic E-state index is 0.00811. The standard InChI is InChI=1S/C19H20F3N5OS/c1-26-10-2-3-13(16(26)12-4-6-14(7-5-12)19(20,21)22)11-24-17-25-27-15(28)8-9-23-18(27)29-17/h4-9,13,16H,2-3,10-11H2,1H3,(H,24,25). The average Bonchev–Trinajstić information content (AvgIpc) is 3.10. The Bertz CT molecular complexity index is 1050. The first-order valence-electron chi connectivity index (χ1n) is 9.29. The van der Waals surface area contributed by atoms with Crippen molar-refractivity contribution in [2.45, 2.75) is 25.1 Å². The number of benzene rings is 1. The molecule has 10 heteroatoms. The maximum atomic E-state index is 12.9. The van der Waals surface area contributed by atoms with E-state index in [0.29, 0.717) is 16.6 Å². The number of anilines is 1. The zero-order chi connectivity index (χ0) is 20.6. The lowest BCUT2D eigenvalue weighted by molar-refractivity contribution is -0.137. The molecule has 1 N–H and O–H groups in total. The van der Waals surface area contributed by atoms with Gasteiger partial charge in [0.1, 0.15) is 0 Å². The Morgan fingerprint density at radius 3 is 2.69 bits per heavy atom. The highest BCUT2D eigenvalue weighted by molar-refractivity contribution is 7.20. The van der Waals surface area contributed by atoms with Gasteiger partial charge in [0.2, 0.25) is 10.1 Å². The van der Waals surface area contributed by atoms with E-state index >= 15 is 0 Å². The first-order chi connectivity index (χ1) is 13.8. The lowest BCUT2D eigenvalue weighted by Gasteiger charge is -2.39. The Morgan fingerprint density at radius 2 is 2.00 bits per heavy atom. The average molecular weight is 423 g/mol. The number of hydrogen-bond donors (Lipinski definition) is 1. The van der Waals surface area contributed by atoms with Gasteiger partial charge in [0.15, 0.2) is 0 Å². The number of nitrogens with zero attached hydrogens (tertiary/aromatic N) is 4. The molecule has 1 aromatic carbocycles. The summed E-state index contributed by atoms with van der Waals surface area (Å²) in [5.74, 6) is 0.196. The van der Waals surface area contributed by atoms with E-state index in [-0.39, 0.29) is 17.5 Å². The maximum Gasteiger partial charge on any atom is 0.416 e. The molecular formula is C19H20F3N5OS. The lowest BCUT2D eigenvalue weighted by atomic mass is 9.84. The number of hydrogen-bond acceptors (Lipinski definition) is 6. The van der Waals surface area contributed by atoms with Gasteiger partial charge < -0.3 is 5.32 Å². The van der Waals surface area contributed by atoms with Crippen LogP contribution in [-0.4, -0.2) is 39.6 Å². The second kappa shape index (κ2) is 7.75. The van der Waals surface area contributed by atoms with Crippen molar-refractivity contribution in [1.82, 2.24) is 19.5 Å². The third kappa shape index (κ3) is 4.13. The van der Waals surface area contributed by atoms with Gasteiger partial charge in [-0.25, -0.2) is 4.98 Å². The highest BCUT2D eigenvalue weighted by atomic mass is 32.1. The molecule has 2 unspecified atom stereocenters. The molecule has 0 aliphatic carbocycles. The summed E-state index contributed by atoms with van der Waals surface area (Å²) in [7, 11) is 2.00.